The predicted octanol–water partition coefficient (Wildman–Crippen LogP) is 0.0568. The second-order valence-corrected chi connectivity index (χ2v) is 4.82. The van der Waals surface area contributed by atoms with Gasteiger partial charge in [-0.25, -0.2) is 23.2 Å². The van der Waals surface area contributed by atoms with Crippen molar-refractivity contribution in [3.8, 4) is 0 Å². The van der Waals surface area contributed by atoms with Crippen molar-refractivity contribution in [2.24, 2.45) is 0 Å². The van der Waals surface area contributed by atoms with E-state index in [9.17, 15) is 13.2 Å². The van der Waals surface area contributed by atoms with Gasteiger partial charge in [-0.15, -0.1) is 0 Å². The molecule has 0 radical (unpaired) electrons. The number of methoxy groups -OCH3 is 1. The second-order valence-electron chi connectivity index (χ2n) is 2.65. The van der Waals surface area contributed by atoms with Gasteiger partial charge in [-0.3, -0.25) is 0 Å². The highest BCUT2D eigenvalue weighted by atomic mass is 32.2. The Balaban J connectivity index is 3.06. The van der Waals surface area contributed by atoms with E-state index in [0.29, 0.717) is 0 Å². The van der Waals surface area contributed by atoms with E-state index in [1.807, 2.05) is 0 Å². The Bertz CT molecular complexity index is 452. The monoisotopic (exact) mass is 230 g/mol. The third-order valence-corrected chi connectivity index (χ3v) is 3.23. The molecule has 1 aromatic heterocycles. The number of rotatable bonds is 3. The third-order valence-electron chi connectivity index (χ3n) is 1.71. The molecule has 0 unspecified atom stereocenters. The molecule has 0 fully saturated rings. The molecular weight excluding hydrogens is 220 g/mol. The van der Waals surface area contributed by atoms with E-state index in [0.717, 1.165) is 12.4 Å². The molecule has 1 aromatic rings. The van der Waals surface area contributed by atoms with Gasteiger partial charge in [-0.05, 0) is 0 Å². The van der Waals surface area contributed by atoms with Gasteiger partial charge in [0.25, 0.3) is 0 Å². The van der Waals surface area contributed by atoms with Gasteiger partial charge in [-0.1, -0.05) is 6.92 Å². The van der Waals surface area contributed by atoms with Crippen LogP contribution in [0.3, 0.4) is 0 Å². The van der Waals surface area contributed by atoms with Crippen molar-refractivity contribution in [1.82, 2.24) is 9.97 Å². The lowest BCUT2D eigenvalue weighted by Crippen LogP contribution is -2.10. The third kappa shape index (κ3) is 2.50. The first-order chi connectivity index (χ1) is 7.01. The van der Waals surface area contributed by atoms with Crippen molar-refractivity contribution in [2.75, 3.05) is 12.9 Å². The molecular formula is C8H10N2O4S. The topological polar surface area (TPSA) is 86.2 Å². The van der Waals surface area contributed by atoms with Crippen LogP contribution in [-0.4, -0.2) is 37.2 Å². The highest BCUT2D eigenvalue weighted by molar-refractivity contribution is 7.91. The van der Waals surface area contributed by atoms with E-state index in [2.05, 4.69) is 14.7 Å². The number of nitrogens with zero attached hydrogens (tertiary/aromatic N) is 2. The maximum absolute atomic E-state index is 11.3. The number of hydrogen-bond donors (Lipinski definition) is 0. The Morgan fingerprint density at radius 2 is 1.93 bits per heavy atom. The summed E-state index contributed by atoms with van der Waals surface area (Å²) in [5, 5.41) is -0.280. The van der Waals surface area contributed by atoms with Crippen LogP contribution in [0.2, 0.25) is 0 Å². The number of ether oxygens (including phenoxy) is 1. The molecule has 0 bridgehead atoms. The van der Waals surface area contributed by atoms with E-state index in [1.54, 1.807) is 0 Å². The fraction of sp³-hybridized carbons (Fsp3) is 0.375. The molecule has 82 valence electrons. The molecule has 0 saturated heterocycles. The minimum absolute atomic E-state index is 0.0788. The minimum Gasteiger partial charge on any atom is -0.465 e. The quantitative estimate of drug-likeness (QED) is 0.539. The molecule has 0 aliphatic heterocycles. The summed E-state index contributed by atoms with van der Waals surface area (Å²) in [6.45, 7) is 1.49. The number of carbonyl (C=O) groups excluding carboxylic acids is 1. The zero-order valence-electron chi connectivity index (χ0n) is 8.30. The zero-order valence-corrected chi connectivity index (χ0v) is 9.11. The zero-order chi connectivity index (χ0) is 11.5. The van der Waals surface area contributed by atoms with Crippen LogP contribution < -0.4 is 0 Å². The summed E-state index contributed by atoms with van der Waals surface area (Å²) in [5.41, 5.74) is 0.118. The van der Waals surface area contributed by atoms with Crippen LogP contribution in [0.25, 0.3) is 0 Å². The molecule has 7 heteroatoms. The molecule has 0 aromatic carbocycles. The first-order valence-corrected chi connectivity index (χ1v) is 5.79. The predicted molar refractivity (Wildman–Crippen MR) is 51.1 cm³/mol. The number of hydrogen-bond acceptors (Lipinski definition) is 6. The van der Waals surface area contributed by atoms with E-state index in [1.165, 1.54) is 14.0 Å². The van der Waals surface area contributed by atoms with Crippen LogP contribution in [0, 0.1) is 0 Å². The summed E-state index contributed by atoms with van der Waals surface area (Å²) in [6.07, 6.45) is 2.25. The van der Waals surface area contributed by atoms with Crippen LogP contribution in [0.15, 0.2) is 17.6 Å². The average molecular weight is 230 g/mol. The lowest BCUT2D eigenvalue weighted by Gasteiger charge is -2.00. The molecule has 0 saturated carbocycles. The van der Waals surface area contributed by atoms with Gasteiger partial charge >= 0.3 is 5.97 Å². The van der Waals surface area contributed by atoms with Crippen LogP contribution in [0.4, 0.5) is 0 Å². The summed E-state index contributed by atoms with van der Waals surface area (Å²) in [7, 11) is -2.20. The lowest BCUT2D eigenvalue weighted by atomic mass is 10.4. The van der Waals surface area contributed by atoms with Gasteiger partial charge in [0.05, 0.1) is 18.4 Å². The Hall–Kier alpha value is -1.50. The Kier molecular flexibility index (Phi) is 3.35. The molecule has 0 atom stereocenters. The van der Waals surface area contributed by atoms with Gasteiger partial charge in [0.1, 0.15) is 0 Å². The summed E-state index contributed by atoms with van der Waals surface area (Å²) in [4.78, 5) is 18.2. The fourth-order valence-corrected chi connectivity index (χ4v) is 1.51. The Morgan fingerprint density at radius 1 is 1.40 bits per heavy atom. The van der Waals surface area contributed by atoms with E-state index < -0.39 is 15.8 Å². The highest BCUT2D eigenvalue weighted by Gasteiger charge is 2.16. The first kappa shape index (κ1) is 11.6. The van der Waals surface area contributed by atoms with Crippen LogP contribution >= 0.6 is 0 Å². The van der Waals surface area contributed by atoms with E-state index in [-0.39, 0.29) is 16.5 Å². The van der Waals surface area contributed by atoms with Gasteiger partial charge in [-0.2, -0.15) is 0 Å². The molecule has 0 spiro atoms. The molecule has 0 N–H and O–H groups in total. The minimum atomic E-state index is -3.42. The first-order valence-electron chi connectivity index (χ1n) is 4.14. The van der Waals surface area contributed by atoms with Gasteiger partial charge in [0.2, 0.25) is 15.0 Å². The summed E-state index contributed by atoms with van der Waals surface area (Å²) >= 11 is 0. The van der Waals surface area contributed by atoms with Crippen molar-refractivity contribution in [3.05, 3.63) is 18.0 Å². The van der Waals surface area contributed by atoms with Crippen molar-refractivity contribution in [3.63, 3.8) is 0 Å². The fourth-order valence-electron chi connectivity index (χ4n) is 0.829. The summed E-state index contributed by atoms with van der Waals surface area (Å²) in [6, 6.07) is 0. The smallest absolute Gasteiger partial charge is 0.341 e. The molecule has 1 rings (SSSR count). The molecule has 6 nitrogen and oxygen atoms in total. The molecule has 15 heavy (non-hydrogen) atoms. The standard InChI is InChI=1S/C8H10N2O4S/c1-3-15(12,13)8-9-4-6(5-10-8)7(11)14-2/h4-5H,3H2,1-2H3. The number of esters is 1. The van der Waals surface area contributed by atoms with Gasteiger partial charge < -0.3 is 4.74 Å². The van der Waals surface area contributed by atoms with Gasteiger partial charge in [0, 0.05) is 12.4 Å². The normalized spacial score (nSPS) is 11.1. The molecule has 0 amide bonds. The van der Waals surface area contributed by atoms with Crippen molar-refractivity contribution in [2.45, 2.75) is 12.1 Å². The number of carbonyl (C=O) groups is 1. The summed E-state index contributed by atoms with van der Waals surface area (Å²) < 4.78 is 27.0. The van der Waals surface area contributed by atoms with Gasteiger partial charge in [0.15, 0.2) is 0 Å². The van der Waals surface area contributed by atoms with Crippen LogP contribution in [0.1, 0.15) is 17.3 Å². The van der Waals surface area contributed by atoms with Crippen molar-refractivity contribution < 1.29 is 17.9 Å². The average Bonchev–Trinajstić information content (AvgIpc) is 2.28. The van der Waals surface area contributed by atoms with Crippen molar-refractivity contribution >= 4 is 15.8 Å². The maximum Gasteiger partial charge on any atom is 0.341 e. The second kappa shape index (κ2) is 4.35. The van der Waals surface area contributed by atoms with Crippen LogP contribution in [0.5, 0.6) is 0 Å². The van der Waals surface area contributed by atoms with Crippen LogP contribution in [-0.2, 0) is 14.6 Å². The SMILES string of the molecule is CCS(=O)(=O)c1ncc(C(=O)OC)cn1. The Morgan fingerprint density at radius 3 is 2.33 bits per heavy atom. The molecule has 0 aliphatic rings. The number of aromatic nitrogens is 2. The largest absolute Gasteiger partial charge is 0.465 e. The van der Waals surface area contributed by atoms with E-state index in [4.69, 9.17) is 0 Å². The number of sulfone groups is 1. The molecule has 0 aliphatic carbocycles. The maximum atomic E-state index is 11.3. The highest BCUT2D eigenvalue weighted by Crippen LogP contribution is 2.05. The summed E-state index contributed by atoms with van der Waals surface area (Å²) in [5.74, 6) is -0.680. The van der Waals surface area contributed by atoms with Crippen molar-refractivity contribution in [1.29, 1.82) is 0 Å². The van der Waals surface area contributed by atoms with E-state index >= 15 is 0 Å². The lowest BCUT2D eigenvalue weighted by molar-refractivity contribution is 0.0599. The molecule has 1 heterocycles. The Labute approximate surface area is 87.2 Å².